The van der Waals surface area contributed by atoms with Gasteiger partial charge in [0.2, 0.25) is 0 Å². The number of non-ortho nitro benzene ring substituents is 1. The zero-order valence-electron chi connectivity index (χ0n) is 13.9. The average Bonchev–Trinajstić information content (AvgIpc) is 2.69. The Kier molecular flexibility index (Phi) is 5.05. The minimum absolute atomic E-state index is 0.0887. The van der Waals surface area contributed by atoms with Crippen molar-refractivity contribution in [3.63, 3.8) is 0 Å². The summed E-state index contributed by atoms with van der Waals surface area (Å²) in [6, 6.07) is 16.4. The van der Waals surface area contributed by atoms with Crippen LogP contribution in [0.5, 0.6) is 0 Å². The van der Waals surface area contributed by atoms with Gasteiger partial charge >= 0.3 is 0 Å². The Bertz CT molecular complexity index is 1080. The van der Waals surface area contributed by atoms with Gasteiger partial charge in [-0.05, 0) is 24.3 Å². The van der Waals surface area contributed by atoms with Gasteiger partial charge in [-0.15, -0.1) is 0 Å². The number of nitriles is 1. The molecule has 2 aromatic carbocycles. The van der Waals surface area contributed by atoms with Crippen LogP contribution < -0.4 is 10.6 Å². The van der Waals surface area contributed by atoms with E-state index in [1.165, 1.54) is 30.5 Å². The lowest BCUT2D eigenvalue weighted by Gasteiger charge is -2.07. The van der Waals surface area contributed by atoms with Crippen molar-refractivity contribution >= 4 is 33.9 Å². The van der Waals surface area contributed by atoms with Crippen LogP contribution in [-0.2, 0) is 4.79 Å². The van der Waals surface area contributed by atoms with E-state index in [2.05, 4.69) is 15.6 Å². The van der Waals surface area contributed by atoms with Crippen LogP contribution in [0.1, 0.15) is 0 Å². The van der Waals surface area contributed by atoms with E-state index in [1.54, 1.807) is 12.3 Å². The second kappa shape index (κ2) is 7.76. The minimum atomic E-state index is -0.632. The van der Waals surface area contributed by atoms with Crippen molar-refractivity contribution in [1.29, 1.82) is 5.26 Å². The SMILES string of the molecule is N#C/C(=C/Nc1cccc2cccnc12)C(=O)Nc1ccc([N+](=O)[O-])cc1. The monoisotopic (exact) mass is 359 g/mol. The van der Waals surface area contributed by atoms with E-state index in [4.69, 9.17) is 0 Å². The number of nitrogens with one attached hydrogen (secondary N) is 2. The quantitative estimate of drug-likeness (QED) is 0.311. The molecule has 0 saturated carbocycles. The fourth-order valence-corrected chi connectivity index (χ4v) is 2.38. The molecule has 3 aromatic rings. The Morgan fingerprint density at radius 1 is 1.15 bits per heavy atom. The van der Waals surface area contributed by atoms with Crippen molar-refractivity contribution in [3.8, 4) is 6.07 Å². The van der Waals surface area contributed by atoms with Crippen LogP contribution in [0.3, 0.4) is 0 Å². The number of hydrogen-bond donors (Lipinski definition) is 2. The first kappa shape index (κ1) is 17.6. The molecule has 0 atom stereocenters. The molecule has 0 fully saturated rings. The molecular weight excluding hydrogens is 346 g/mol. The zero-order chi connectivity index (χ0) is 19.2. The summed E-state index contributed by atoms with van der Waals surface area (Å²) in [7, 11) is 0. The Morgan fingerprint density at radius 3 is 2.59 bits per heavy atom. The molecule has 132 valence electrons. The molecule has 0 aliphatic heterocycles. The van der Waals surface area contributed by atoms with Gasteiger partial charge in [-0.2, -0.15) is 5.26 Å². The molecule has 1 amide bonds. The first-order valence-corrected chi connectivity index (χ1v) is 7.85. The van der Waals surface area contributed by atoms with Crippen LogP contribution in [0.2, 0.25) is 0 Å². The number of anilines is 2. The third-order valence-corrected chi connectivity index (χ3v) is 3.71. The summed E-state index contributed by atoms with van der Waals surface area (Å²) < 4.78 is 0. The van der Waals surface area contributed by atoms with Crippen LogP contribution in [0.4, 0.5) is 17.1 Å². The summed E-state index contributed by atoms with van der Waals surface area (Å²) >= 11 is 0. The molecule has 0 aliphatic rings. The van der Waals surface area contributed by atoms with Crippen LogP contribution in [-0.4, -0.2) is 15.8 Å². The standard InChI is InChI=1S/C19H13N5O3/c20-11-14(19(25)23-15-6-8-16(9-7-15)24(26)27)12-22-17-5-1-3-13-4-2-10-21-18(13)17/h1-10,12,22H,(H,23,25)/b14-12-. The van der Waals surface area contributed by atoms with E-state index >= 15 is 0 Å². The smallest absolute Gasteiger partial charge is 0.269 e. The lowest BCUT2D eigenvalue weighted by molar-refractivity contribution is -0.384. The first-order chi connectivity index (χ1) is 13.1. The predicted molar refractivity (Wildman–Crippen MR) is 101 cm³/mol. The van der Waals surface area contributed by atoms with Gasteiger partial charge in [-0.1, -0.05) is 18.2 Å². The van der Waals surface area contributed by atoms with E-state index in [9.17, 15) is 20.2 Å². The number of aromatic nitrogens is 1. The van der Waals surface area contributed by atoms with Gasteiger partial charge in [0.15, 0.2) is 0 Å². The van der Waals surface area contributed by atoms with E-state index in [-0.39, 0.29) is 11.3 Å². The van der Waals surface area contributed by atoms with Crippen LogP contribution in [0, 0.1) is 21.4 Å². The maximum Gasteiger partial charge on any atom is 0.269 e. The second-order valence-corrected chi connectivity index (χ2v) is 5.45. The number of nitro benzene ring substituents is 1. The minimum Gasteiger partial charge on any atom is -0.358 e. The summed E-state index contributed by atoms with van der Waals surface area (Å²) in [4.78, 5) is 26.7. The number of rotatable bonds is 5. The third-order valence-electron chi connectivity index (χ3n) is 3.71. The number of fused-ring (bicyclic) bond motifs is 1. The average molecular weight is 359 g/mol. The number of para-hydroxylation sites is 1. The number of nitrogens with zero attached hydrogens (tertiary/aromatic N) is 3. The van der Waals surface area contributed by atoms with Crippen LogP contribution >= 0.6 is 0 Å². The van der Waals surface area contributed by atoms with Crippen molar-refractivity contribution in [3.05, 3.63) is 82.7 Å². The number of pyridine rings is 1. The third kappa shape index (κ3) is 4.05. The molecule has 0 saturated heterocycles. The van der Waals surface area contributed by atoms with Gasteiger partial charge in [0.05, 0.1) is 16.1 Å². The molecule has 8 heteroatoms. The van der Waals surface area contributed by atoms with E-state index in [1.807, 2.05) is 30.3 Å². The molecule has 2 N–H and O–H groups in total. The maximum atomic E-state index is 12.3. The number of amides is 1. The van der Waals surface area contributed by atoms with Gasteiger partial charge in [0.25, 0.3) is 11.6 Å². The highest BCUT2D eigenvalue weighted by Crippen LogP contribution is 2.21. The molecular formula is C19H13N5O3. The molecule has 0 unspecified atom stereocenters. The van der Waals surface area contributed by atoms with E-state index in [0.717, 1.165) is 5.39 Å². The molecule has 0 spiro atoms. The van der Waals surface area contributed by atoms with Crippen molar-refractivity contribution < 1.29 is 9.72 Å². The molecule has 0 bridgehead atoms. The Balaban J connectivity index is 1.76. The molecule has 1 aromatic heterocycles. The normalized spacial score (nSPS) is 10.9. The van der Waals surface area contributed by atoms with Gasteiger partial charge in [0, 0.05) is 35.6 Å². The topological polar surface area (TPSA) is 121 Å². The van der Waals surface area contributed by atoms with Crippen molar-refractivity contribution in [2.75, 3.05) is 10.6 Å². The number of hydrogen-bond acceptors (Lipinski definition) is 6. The molecule has 8 nitrogen and oxygen atoms in total. The number of carbonyl (C=O) groups excluding carboxylic acids is 1. The summed E-state index contributed by atoms with van der Waals surface area (Å²) in [6.07, 6.45) is 2.95. The largest absolute Gasteiger partial charge is 0.358 e. The highest BCUT2D eigenvalue weighted by Gasteiger charge is 2.11. The van der Waals surface area contributed by atoms with Gasteiger partial charge in [-0.3, -0.25) is 19.9 Å². The Morgan fingerprint density at radius 2 is 1.89 bits per heavy atom. The summed E-state index contributed by atoms with van der Waals surface area (Å²) in [5.74, 6) is -0.632. The first-order valence-electron chi connectivity index (χ1n) is 7.85. The summed E-state index contributed by atoms with van der Waals surface area (Å²) in [6.45, 7) is 0. The summed E-state index contributed by atoms with van der Waals surface area (Å²) in [5, 5.41) is 26.3. The van der Waals surface area contributed by atoms with Crippen molar-refractivity contribution in [2.24, 2.45) is 0 Å². The highest BCUT2D eigenvalue weighted by atomic mass is 16.6. The lowest BCUT2D eigenvalue weighted by atomic mass is 10.2. The van der Waals surface area contributed by atoms with Crippen molar-refractivity contribution in [1.82, 2.24) is 4.98 Å². The fraction of sp³-hybridized carbons (Fsp3) is 0. The summed E-state index contributed by atoms with van der Waals surface area (Å²) in [5.41, 5.74) is 1.47. The van der Waals surface area contributed by atoms with Gasteiger partial charge in [-0.25, -0.2) is 0 Å². The molecule has 0 radical (unpaired) electrons. The Hall–Kier alpha value is -4.25. The Labute approximate surface area is 153 Å². The van der Waals surface area contributed by atoms with Gasteiger partial charge in [0.1, 0.15) is 11.6 Å². The van der Waals surface area contributed by atoms with E-state index < -0.39 is 10.8 Å². The predicted octanol–water partition coefficient (Wildman–Crippen LogP) is 3.60. The van der Waals surface area contributed by atoms with Crippen LogP contribution in [0.25, 0.3) is 10.9 Å². The molecule has 0 aliphatic carbocycles. The molecule has 3 rings (SSSR count). The zero-order valence-corrected chi connectivity index (χ0v) is 13.9. The second-order valence-electron chi connectivity index (χ2n) is 5.45. The van der Waals surface area contributed by atoms with Crippen molar-refractivity contribution in [2.45, 2.75) is 0 Å². The molecule has 1 heterocycles. The fourth-order valence-electron chi connectivity index (χ4n) is 2.38. The molecule has 27 heavy (non-hydrogen) atoms. The number of nitro groups is 1. The van der Waals surface area contributed by atoms with Crippen LogP contribution in [0.15, 0.2) is 72.6 Å². The number of benzene rings is 2. The van der Waals surface area contributed by atoms with Gasteiger partial charge < -0.3 is 10.6 Å². The highest BCUT2D eigenvalue weighted by molar-refractivity contribution is 6.07. The van der Waals surface area contributed by atoms with E-state index in [0.29, 0.717) is 16.9 Å². The lowest BCUT2D eigenvalue weighted by Crippen LogP contribution is -2.14. The maximum absolute atomic E-state index is 12.3. The number of carbonyl (C=O) groups is 1.